The molecule has 0 saturated carbocycles. The van der Waals surface area contributed by atoms with Gasteiger partial charge in [0.05, 0.1) is 18.1 Å². The first kappa shape index (κ1) is 31.4. The van der Waals surface area contributed by atoms with Crippen LogP contribution in [0.5, 0.6) is 5.75 Å². The van der Waals surface area contributed by atoms with E-state index >= 15 is 0 Å². The maximum atomic E-state index is 5.78. The number of fused-ring (bicyclic) bond motifs is 9. The molecule has 258 valence electrons. The lowest BCUT2D eigenvalue weighted by Crippen LogP contribution is -1.94. The average Bonchev–Trinajstić information content (AvgIpc) is 3.61. The zero-order chi connectivity index (χ0) is 36.5. The molecule has 0 radical (unpaired) electrons. The highest BCUT2D eigenvalue weighted by atomic mass is 16.5. The summed E-state index contributed by atoms with van der Waals surface area (Å²) < 4.78 is 8.22. The molecule has 1 heterocycles. The van der Waals surface area contributed by atoms with E-state index in [0.29, 0.717) is 0 Å². The maximum absolute atomic E-state index is 5.78. The largest absolute Gasteiger partial charge is 0.497 e. The molecule has 0 atom stereocenters. The molecule has 0 aliphatic heterocycles. The quantitative estimate of drug-likeness (QED) is 0.163. The summed E-state index contributed by atoms with van der Waals surface area (Å²) in [5.74, 6) is 0.851. The molecule has 10 aromatic carbocycles. The third kappa shape index (κ3) is 4.82. The van der Waals surface area contributed by atoms with Gasteiger partial charge in [-0.05, 0) is 113 Å². The third-order valence-corrected chi connectivity index (χ3v) is 11.5. The molecule has 11 aromatic rings. The van der Waals surface area contributed by atoms with Crippen LogP contribution in [0.3, 0.4) is 0 Å². The molecule has 0 spiro atoms. The Hall–Kier alpha value is -7.16. The van der Waals surface area contributed by atoms with Gasteiger partial charge in [-0.2, -0.15) is 0 Å². The van der Waals surface area contributed by atoms with Crippen molar-refractivity contribution in [1.29, 1.82) is 0 Å². The van der Waals surface area contributed by atoms with Gasteiger partial charge in [0.15, 0.2) is 0 Å². The highest BCUT2D eigenvalue weighted by Crippen LogP contribution is 2.47. The summed E-state index contributed by atoms with van der Waals surface area (Å²) in [7, 11) is 1.74. The summed E-state index contributed by atoms with van der Waals surface area (Å²) in [6, 6.07) is 70.7. The number of nitrogens with zero attached hydrogens (tertiary/aromatic N) is 1. The molecular weight excluding hydrogens is 667 g/mol. The van der Waals surface area contributed by atoms with Crippen LogP contribution in [0.2, 0.25) is 0 Å². The molecular formula is C53H35NO. The van der Waals surface area contributed by atoms with Gasteiger partial charge >= 0.3 is 0 Å². The van der Waals surface area contributed by atoms with E-state index in [1.807, 2.05) is 0 Å². The van der Waals surface area contributed by atoms with Gasteiger partial charge in [-0.3, -0.25) is 0 Å². The first-order valence-corrected chi connectivity index (χ1v) is 18.9. The fourth-order valence-corrected chi connectivity index (χ4v) is 9.06. The number of methoxy groups -OCH3 is 1. The van der Waals surface area contributed by atoms with Crippen LogP contribution in [0, 0.1) is 0 Å². The predicted molar refractivity (Wildman–Crippen MR) is 234 cm³/mol. The number of rotatable bonds is 5. The Morgan fingerprint density at radius 1 is 0.364 bits per heavy atom. The zero-order valence-electron chi connectivity index (χ0n) is 30.3. The van der Waals surface area contributed by atoms with Crippen molar-refractivity contribution in [1.82, 2.24) is 4.57 Å². The topological polar surface area (TPSA) is 14.2 Å². The summed E-state index contributed by atoms with van der Waals surface area (Å²) in [6.45, 7) is 0. The van der Waals surface area contributed by atoms with E-state index in [1.54, 1.807) is 7.11 Å². The van der Waals surface area contributed by atoms with Crippen molar-refractivity contribution >= 4 is 64.9 Å². The van der Waals surface area contributed by atoms with Gasteiger partial charge in [0, 0.05) is 16.5 Å². The van der Waals surface area contributed by atoms with Crippen LogP contribution in [0.1, 0.15) is 0 Å². The van der Waals surface area contributed by atoms with Crippen LogP contribution in [-0.4, -0.2) is 11.7 Å². The molecule has 55 heavy (non-hydrogen) atoms. The number of benzene rings is 10. The van der Waals surface area contributed by atoms with Crippen molar-refractivity contribution in [2.45, 2.75) is 0 Å². The minimum atomic E-state index is 0.851. The maximum Gasteiger partial charge on any atom is 0.119 e. The van der Waals surface area contributed by atoms with Crippen LogP contribution in [0.4, 0.5) is 0 Å². The van der Waals surface area contributed by atoms with Crippen molar-refractivity contribution in [3.05, 3.63) is 194 Å². The van der Waals surface area contributed by atoms with Crippen LogP contribution in [-0.2, 0) is 0 Å². The second-order valence-corrected chi connectivity index (χ2v) is 14.4. The van der Waals surface area contributed by atoms with Crippen molar-refractivity contribution < 1.29 is 4.74 Å². The molecule has 0 bridgehead atoms. The van der Waals surface area contributed by atoms with Crippen molar-refractivity contribution in [3.8, 4) is 44.8 Å². The minimum Gasteiger partial charge on any atom is -0.497 e. The van der Waals surface area contributed by atoms with Crippen molar-refractivity contribution in [3.63, 3.8) is 0 Å². The summed E-state index contributed by atoms with van der Waals surface area (Å²) >= 11 is 0. The van der Waals surface area contributed by atoms with E-state index in [1.165, 1.54) is 98.3 Å². The molecule has 1 aromatic heterocycles. The SMILES string of the molecule is COc1ccc2c(-c3ccc(-c4cc5c(c6ccccc46)c4c6ccccc6ccc4n5-c4ccccc4)cc3)c3ccccc3c(-c3ccccc3)c2c1. The molecule has 0 N–H and O–H groups in total. The van der Waals surface area contributed by atoms with Gasteiger partial charge in [-0.15, -0.1) is 0 Å². The normalized spacial score (nSPS) is 11.7. The van der Waals surface area contributed by atoms with Gasteiger partial charge in [-0.1, -0.05) is 158 Å². The summed E-state index contributed by atoms with van der Waals surface area (Å²) in [5.41, 5.74) is 10.8. The van der Waals surface area contributed by atoms with Crippen LogP contribution in [0.15, 0.2) is 194 Å². The first-order chi connectivity index (χ1) is 27.3. The number of hydrogen-bond acceptors (Lipinski definition) is 1. The van der Waals surface area contributed by atoms with Gasteiger partial charge in [0.2, 0.25) is 0 Å². The molecule has 0 amide bonds. The molecule has 0 aliphatic carbocycles. The third-order valence-electron chi connectivity index (χ3n) is 11.5. The van der Waals surface area contributed by atoms with E-state index in [9.17, 15) is 0 Å². The smallest absolute Gasteiger partial charge is 0.119 e. The second-order valence-electron chi connectivity index (χ2n) is 14.4. The van der Waals surface area contributed by atoms with Gasteiger partial charge in [0.1, 0.15) is 5.75 Å². The molecule has 0 saturated heterocycles. The zero-order valence-corrected chi connectivity index (χ0v) is 30.3. The van der Waals surface area contributed by atoms with Crippen molar-refractivity contribution in [2.24, 2.45) is 0 Å². The average molecular weight is 702 g/mol. The Balaban J connectivity index is 1.17. The van der Waals surface area contributed by atoms with E-state index < -0.39 is 0 Å². The second kappa shape index (κ2) is 12.5. The molecule has 11 rings (SSSR count). The van der Waals surface area contributed by atoms with Crippen LogP contribution >= 0.6 is 0 Å². The Morgan fingerprint density at radius 2 is 0.909 bits per heavy atom. The van der Waals surface area contributed by atoms with Gasteiger partial charge in [-0.25, -0.2) is 0 Å². The summed E-state index contributed by atoms with van der Waals surface area (Å²) in [4.78, 5) is 0. The predicted octanol–water partition coefficient (Wildman–Crippen LogP) is 14.4. The first-order valence-electron chi connectivity index (χ1n) is 18.9. The highest BCUT2D eigenvalue weighted by molar-refractivity contribution is 6.30. The minimum absolute atomic E-state index is 0.851. The molecule has 0 aliphatic rings. The van der Waals surface area contributed by atoms with Crippen molar-refractivity contribution in [2.75, 3.05) is 7.11 Å². The number of hydrogen-bond donors (Lipinski definition) is 0. The lowest BCUT2D eigenvalue weighted by molar-refractivity contribution is 0.415. The Bertz CT molecular complexity index is 3270. The number of para-hydroxylation sites is 1. The van der Waals surface area contributed by atoms with E-state index in [4.69, 9.17) is 4.74 Å². The van der Waals surface area contributed by atoms with Gasteiger partial charge in [0.25, 0.3) is 0 Å². The van der Waals surface area contributed by atoms with E-state index in [2.05, 4.69) is 199 Å². The molecule has 0 unspecified atom stereocenters. The summed E-state index contributed by atoms with van der Waals surface area (Å²) in [5, 5.41) is 12.5. The fourth-order valence-electron chi connectivity index (χ4n) is 9.06. The van der Waals surface area contributed by atoms with Crippen LogP contribution < -0.4 is 4.74 Å². The molecule has 2 nitrogen and oxygen atoms in total. The number of ether oxygens (including phenoxy) is 1. The standard InChI is InChI=1S/C53H35NO/c1-55-39-29-30-45-47(32-39)51(36-15-4-2-5-16-36)44-23-13-12-22-43(44)50(45)37-26-24-35(25-27-37)46-33-49-53(42-21-11-10-20-41(42)46)52-40-19-9-8-14-34(40)28-31-48(52)54(49)38-17-6-3-7-18-38/h2-33H,1H3. The van der Waals surface area contributed by atoms with Crippen LogP contribution in [0.25, 0.3) is 104 Å². The van der Waals surface area contributed by atoms with Gasteiger partial charge < -0.3 is 9.30 Å². The fraction of sp³-hybridized carbons (Fsp3) is 0.0189. The highest BCUT2D eigenvalue weighted by Gasteiger charge is 2.21. The lowest BCUT2D eigenvalue weighted by atomic mass is 9.85. The van der Waals surface area contributed by atoms with E-state index in [-0.39, 0.29) is 0 Å². The Labute approximate surface area is 319 Å². The lowest BCUT2D eigenvalue weighted by Gasteiger charge is -2.19. The summed E-state index contributed by atoms with van der Waals surface area (Å²) in [6.07, 6.45) is 0. The molecule has 0 fully saturated rings. The Kier molecular flexibility index (Phi) is 7.11. The Morgan fingerprint density at radius 3 is 1.64 bits per heavy atom. The van der Waals surface area contributed by atoms with E-state index in [0.717, 1.165) is 11.4 Å². The monoisotopic (exact) mass is 701 g/mol. The molecule has 2 heteroatoms. The number of aromatic nitrogens is 1.